The van der Waals surface area contributed by atoms with Gasteiger partial charge in [0.1, 0.15) is 10.8 Å². The van der Waals surface area contributed by atoms with Gasteiger partial charge in [-0.2, -0.15) is 5.26 Å². The first-order valence-electron chi connectivity index (χ1n) is 10.1. The lowest BCUT2D eigenvalue weighted by atomic mass is 9.48. The Balaban J connectivity index is 1.41. The number of ether oxygens (including phenoxy) is 1. The molecule has 2 aromatic rings. The van der Waals surface area contributed by atoms with E-state index in [1.807, 2.05) is 29.6 Å². The van der Waals surface area contributed by atoms with Crippen molar-refractivity contribution in [1.82, 2.24) is 4.98 Å². The zero-order chi connectivity index (χ0) is 19.3. The van der Waals surface area contributed by atoms with E-state index >= 15 is 0 Å². The first-order valence-corrected chi connectivity index (χ1v) is 11.0. The number of hydrogen-bond donors (Lipinski definition) is 0. The van der Waals surface area contributed by atoms with Gasteiger partial charge in [-0.05, 0) is 80.5 Å². The Hall–Kier alpha value is -2.19. The van der Waals surface area contributed by atoms with Crippen LogP contribution in [0.2, 0.25) is 0 Å². The average molecular weight is 393 g/mol. The maximum absolute atomic E-state index is 13.6. The van der Waals surface area contributed by atoms with Crippen molar-refractivity contribution < 1.29 is 9.53 Å². The Morgan fingerprint density at radius 3 is 2.32 bits per heavy atom. The van der Waals surface area contributed by atoms with Gasteiger partial charge >= 0.3 is 0 Å². The van der Waals surface area contributed by atoms with E-state index in [0.29, 0.717) is 22.8 Å². The number of Topliss-reactive ketones (excluding diaryl/α,β-unsaturated/α-hetero) is 1. The third-order valence-corrected chi connectivity index (χ3v) is 8.02. The lowest BCUT2D eigenvalue weighted by Crippen LogP contribution is -2.51. The number of methoxy groups -OCH3 is 1. The SMILES string of the molecule is COc1ccc(-c2csc(C(C#N)C(=O)C34CC5CC(CC(C5)C3)C4)n2)cc1. The summed E-state index contributed by atoms with van der Waals surface area (Å²) in [5.74, 6) is 2.30. The number of carbonyl (C=O) groups excluding carboxylic acids is 1. The van der Waals surface area contributed by atoms with Crippen LogP contribution in [0.15, 0.2) is 29.6 Å². The molecule has 4 saturated carbocycles. The fourth-order valence-corrected chi connectivity index (χ4v) is 7.13. The highest BCUT2D eigenvalue weighted by Crippen LogP contribution is 2.61. The van der Waals surface area contributed by atoms with Crippen LogP contribution in [0, 0.1) is 34.5 Å². The molecule has 1 heterocycles. The van der Waals surface area contributed by atoms with E-state index in [1.54, 1.807) is 7.11 Å². The Labute approximate surface area is 169 Å². The van der Waals surface area contributed by atoms with Crippen LogP contribution in [-0.4, -0.2) is 17.9 Å². The average Bonchev–Trinajstić information content (AvgIpc) is 3.17. The fraction of sp³-hybridized carbons (Fsp3) is 0.522. The van der Waals surface area contributed by atoms with Crippen LogP contribution in [0.25, 0.3) is 11.3 Å². The summed E-state index contributed by atoms with van der Waals surface area (Å²) in [5.41, 5.74) is 1.53. The molecule has 0 spiro atoms. The second kappa shape index (κ2) is 6.70. The zero-order valence-corrected chi connectivity index (χ0v) is 16.9. The molecule has 0 aliphatic heterocycles. The number of nitrogens with zero attached hydrogens (tertiary/aromatic N) is 2. The summed E-state index contributed by atoms with van der Waals surface area (Å²) in [7, 11) is 1.64. The molecule has 0 amide bonds. The van der Waals surface area contributed by atoms with E-state index in [-0.39, 0.29) is 11.2 Å². The third kappa shape index (κ3) is 2.86. The second-order valence-corrected chi connectivity index (χ2v) is 9.81. The van der Waals surface area contributed by atoms with Crippen molar-refractivity contribution >= 4 is 17.1 Å². The highest BCUT2D eigenvalue weighted by molar-refractivity contribution is 7.10. The Morgan fingerprint density at radius 2 is 1.79 bits per heavy atom. The van der Waals surface area contributed by atoms with E-state index in [4.69, 9.17) is 9.72 Å². The fourth-order valence-electron chi connectivity index (χ4n) is 6.26. The van der Waals surface area contributed by atoms with E-state index in [2.05, 4.69) is 6.07 Å². The molecule has 144 valence electrons. The lowest BCUT2D eigenvalue weighted by molar-refractivity contribution is -0.144. The van der Waals surface area contributed by atoms with Crippen molar-refractivity contribution in [1.29, 1.82) is 5.26 Å². The van der Waals surface area contributed by atoms with Crippen molar-refractivity contribution in [3.05, 3.63) is 34.7 Å². The molecule has 4 aliphatic carbocycles. The van der Waals surface area contributed by atoms with Crippen LogP contribution in [0.3, 0.4) is 0 Å². The summed E-state index contributed by atoms with van der Waals surface area (Å²) in [4.78, 5) is 18.3. The molecule has 4 fully saturated rings. The topological polar surface area (TPSA) is 63.0 Å². The van der Waals surface area contributed by atoms with Gasteiger partial charge in [-0.1, -0.05) is 0 Å². The van der Waals surface area contributed by atoms with E-state index in [0.717, 1.165) is 36.3 Å². The van der Waals surface area contributed by atoms with E-state index < -0.39 is 5.92 Å². The maximum Gasteiger partial charge on any atom is 0.163 e. The molecule has 1 aromatic heterocycles. The highest BCUT2D eigenvalue weighted by Gasteiger charge is 2.56. The Kier molecular flexibility index (Phi) is 4.28. The van der Waals surface area contributed by atoms with Crippen molar-refractivity contribution in [2.45, 2.75) is 44.4 Å². The molecular formula is C23H24N2O2S. The second-order valence-electron chi connectivity index (χ2n) is 8.92. The largest absolute Gasteiger partial charge is 0.497 e. The number of nitriles is 1. The number of carbonyl (C=O) groups is 1. The molecule has 1 unspecified atom stereocenters. The molecule has 6 rings (SSSR count). The molecule has 28 heavy (non-hydrogen) atoms. The van der Waals surface area contributed by atoms with E-state index in [1.165, 1.54) is 30.6 Å². The minimum Gasteiger partial charge on any atom is -0.497 e. The van der Waals surface area contributed by atoms with Gasteiger partial charge < -0.3 is 4.74 Å². The molecular weight excluding hydrogens is 368 g/mol. The predicted molar refractivity (Wildman–Crippen MR) is 108 cm³/mol. The molecule has 1 atom stereocenters. The Morgan fingerprint density at radius 1 is 1.18 bits per heavy atom. The summed E-state index contributed by atoms with van der Waals surface area (Å²) in [6.07, 6.45) is 6.86. The molecule has 5 heteroatoms. The number of aromatic nitrogens is 1. The van der Waals surface area contributed by atoms with Crippen LogP contribution < -0.4 is 4.74 Å². The van der Waals surface area contributed by atoms with Gasteiger partial charge in [-0.15, -0.1) is 11.3 Å². The summed E-state index contributed by atoms with van der Waals surface area (Å²) >= 11 is 1.43. The van der Waals surface area contributed by atoms with Gasteiger partial charge in [0.2, 0.25) is 0 Å². The van der Waals surface area contributed by atoms with Crippen LogP contribution in [0.4, 0.5) is 0 Å². The molecule has 4 bridgehead atoms. The van der Waals surface area contributed by atoms with E-state index in [9.17, 15) is 10.1 Å². The number of rotatable bonds is 5. The number of hydrogen-bond acceptors (Lipinski definition) is 5. The van der Waals surface area contributed by atoms with Crippen LogP contribution in [0.5, 0.6) is 5.75 Å². The molecule has 4 nitrogen and oxygen atoms in total. The van der Waals surface area contributed by atoms with Gasteiger partial charge in [0.05, 0.1) is 18.9 Å². The first kappa shape index (κ1) is 17.9. The highest BCUT2D eigenvalue weighted by atomic mass is 32.1. The van der Waals surface area contributed by atoms with Crippen LogP contribution >= 0.6 is 11.3 Å². The standard InChI is InChI=1S/C23H24N2O2S/c1-27-18-4-2-17(3-5-18)20-13-28-22(25-20)19(12-24)21(26)23-9-14-6-15(10-23)8-16(7-14)11-23/h2-5,13-16,19H,6-11H2,1H3. The summed E-state index contributed by atoms with van der Waals surface area (Å²) in [6.45, 7) is 0. The lowest BCUT2D eigenvalue weighted by Gasteiger charge is -2.56. The first-order chi connectivity index (χ1) is 13.6. The quantitative estimate of drug-likeness (QED) is 0.700. The van der Waals surface area contributed by atoms with Crippen LogP contribution in [-0.2, 0) is 4.79 Å². The number of benzene rings is 1. The van der Waals surface area contributed by atoms with Crippen molar-refractivity contribution in [3.8, 4) is 23.1 Å². The minimum absolute atomic E-state index is 0.143. The summed E-state index contributed by atoms with van der Waals surface area (Å²) in [5, 5.41) is 12.5. The monoisotopic (exact) mass is 392 g/mol. The summed E-state index contributed by atoms with van der Waals surface area (Å²) in [6, 6.07) is 10.0. The van der Waals surface area contributed by atoms with Crippen LogP contribution in [0.1, 0.15) is 49.5 Å². The van der Waals surface area contributed by atoms with Gasteiger partial charge in [0.15, 0.2) is 11.7 Å². The molecule has 0 saturated heterocycles. The molecule has 0 N–H and O–H groups in total. The van der Waals surface area contributed by atoms with Gasteiger partial charge in [0.25, 0.3) is 0 Å². The number of ketones is 1. The zero-order valence-electron chi connectivity index (χ0n) is 16.1. The van der Waals surface area contributed by atoms with Gasteiger partial charge in [0, 0.05) is 16.4 Å². The van der Waals surface area contributed by atoms with Gasteiger partial charge in [-0.25, -0.2) is 4.98 Å². The third-order valence-electron chi connectivity index (χ3n) is 7.11. The Bertz CT molecular complexity index is 905. The molecule has 1 aromatic carbocycles. The minimum atomic E-state index is -0.728. The van der Waals surface area contributed by atoms with Crippen molar-refractivity contribution in [2.75, 3.05) is 7.11 Å². The number of thiazole rings is 1. The maximum atomic E-state index is 13.6. The van der Waals surface area contributed by atoms with Crippen molar-refractivity contribution in [3.63, 3.8) is 0 Å². The predicted octanol–water partition coefficient (Wildman–Crippen LogP) is 5.21. The normalized spacial score (nSPS) is 31.4. The molecule has 4 aliphatic rings. The van der Waals surface area contributed by atoms with Gasteiger partial charge in [-0.3, -0.25) is 4.79 Å². The van der Waals surface area contributed by atoms with Crippen molar-refractivity contribution in [2.24, 2.45) is 23.2 Å². The smallest absolute Gasteiger partial charge is 0.163 e. The summed E-state index contributed by atoms with van der Waals surface area (Å²) < 4.78 is 5.21. The molecule has 0 radical (unpaired) electrons.